The summed E-state index contributed by atoms with van der Waals surface area (Å²) in [5.41, 5.74) is 1.67. The summed E-state index contributed by atoms with van der Waals surface area (Å²) in [6.45, 7) is 2.48. The van der Waals surface area contributed by atoms with Gasteiger partial charge in [0.25, 0.3) is 5.91 Å². The fraction of sp³-hybridized carbons (Fsp3) is 0.167. The van der Waals surface area contributed by atoms with Crippen LogP contribution in [0.25, 0.3) is 10.2 Å². The molecule has 128 valence electrons. The van der Waals surface area contributed by atoms with Crippen LogP contribution in [0, 0.1) is 0 Å². The van der Waals surface area contributed by atoms with Crippen molar-refractivity contribution in [1.29, 1.82) is 0 Å². The van der Waals surface area contributed by atoms with Gasteiger partial charge in [-0.25, -0.2) is 9.78 Å². The fourth-order valence-corrected chi connectivity index (χ4v) is 3.16. The number of esters is 1. The Bertz CT molecular complexity index is 918. The number of hydrogen-bond acceptors (Lipinski definition) is 6. The highest BCUT2D eigenvalue weighted by molar-refractivity contribution is 7.22. The number of methoxy groups -OCH3 is 1. The minimum absolute atomic E-state index is 0.254. The third-order valence-corrected chi connectivity index (χ3v) is 4.39. The van der Waals surface area contributed by atoms with E-state index in [1.807, 2.05) is 6.92 Å². The number of carbonyl (C=O) groups is 2. The molecule has 3 rings (SSSR count). The summed E-state index contributed by atoms with van der Waals surface area (Å²) in [6.07, 6.45) is 0. The average Bonchev–Trinajstić information content (AvgIpc) is 3.03. The van der Waals surface area contributed by atoms with Gasteiger partial charge in [0.1, 0.15) is 5.75 Å². The molecular formula is C18H16N2O4S. The largest absolute Gasteiger partial charge is 0.494 e. The molecule has 0 spiro atoms. The fourth-order valence-electron chi connectivity index (χ4n) is 2.26. The lowest BCUT2D eigenvalue weighted by molar-refractivity contribution is 0.0601. The van der Waals surface area contributed by atoms with E-state index in [9.17, 15) is 9.59 Å². The van der Waals surface area contributed by atoms with Crippen LogP contribution >= 0.6 is 11.3 Å². The standard InChI is InChI=1S/C18H16N2O4S/c1-3-24-13-7-4-11(5-8-13)16(21)20-18-19-14-9-6-12(17(22)23-2)10-15(14)25-18/h4-10H,3H2,1-2H3,(H,19,20,21). The lowest BCUT2D eigenvalue weighted by Crippen LogP contribution is -2.11. The summed E-state index contributed by atoms with van der Waals surface area (Å²) in [5, 5.41) is 3.24. The van der Waals surface area contributed by atoms with Crippen LogP contribution in [0.4, 0.5) is 5.13 Å². The molecule has 0 atom stereocenters. The van der Waals surface area contributed by atoms with Crippen molar-refractivity contribution in [2.45, 2.75) is 6.92 Å². The molecule has 1 heterocycles. The summed E-state index contributed by atoms with van der Waals surface area (Å²) in [6, 6.07) is 12.0. The molecule has 2 aromatic carbocycles. The first-order valence-electron chi connectivity index (χ1n) is 7.64. The smallest absolute Gasteiger partial charge is 0.337 e. The van der Waals surface area contributed by atoms with Crippen molar-refractivity contribution in [2.24, 2.45) is 0 Å². The second-order valence-electron chi connectivity index (χ2n) is 5.10. The number of ether oxygens (including phenoxy) is 2. The number of carbonyl (C=O) groups excluding carboxylic acids is 2. The Kier molecular flexibility index (Phi) is 4.95. The van der Waals surface area contributed by atoms with Crippen LogP contribution in [-0.4, -0.2) is 30.6 Å². The number of nitrogens with zero attached hydrogens (tertiary/aromatic N) is 1. The average molecular weight is 356 g/mol. The molecule has 25 heavy (non-hydrogen) atoms. The second kappa shape index (κ2) is 7.31. The van der Waals surface area contributed by atoms with E-state index in [1.165, 1.54) is 18.4 Å². The van der Waals surface area contributed by atoms with Crippen LogP contribution < -0.4 is 10.1 Å². The highest BCUT2D eigenvalue weighted by Gasteiger charge is 2.12. The van der Waals surface area contributed by atoms with E-state index in [1.54, 1.807) is 42.5 Å². The van der Waals surface area contributed by atoms with Crippen molar-refractivity contribution in [3.05, 3.63) is 53.6 Å². The number of rotatable bonds is 5. The van der Waals surface area contributed by atoms with E-state index >= 15 is 0 Å². The lowest BCUT2D eigenvalue weighted by atomic mass is 10.2. The first kappa shape index (κ1) is 16.9. The summed E-state index contributed by atoms with van der Waals surface area (Å²) in [7, 11) is 1.33. The second-order valence-corrected chi connectivity index (χ2v) is 6.14. The van der Waals surface area contributed by atoms with Crippen LogP contribution in [0.1, 0.15) is 27.6 Å². The van der Waals surface area contributed by atoms with Gasteiger partial charge in [-0.1, -0.05) is 11.3 Å². The Hall–Kier alpha value is -2.93. The zero-order valence-electron chi connectivity index (χ0n) is 13.7. The molecule has 0 saturated heterocycles. The van der Waals surface area contributed by atoms with Crippen LogP contribution in [0.2, 0.25) is 0 Å². The quantitative estimate of drug-likeness (QED) is 0.705. The van der Waals surface area contributed by atoms with E-state index in [-0.39, 0.29) is 5.91 Å². The predicted molar refractivity (Wildman–Crippen MR) is 96.5 cm³/mol. The van der Waals surface area contributed by atoms with Gasteiger partial charge in [0, 0.05) is 5.56 Å². The van der Waals surface area contributed by atoms with Crippen molar-refractivity contribution in [1.82, 2.24) is 4.98 Å². The van der Waals surface area contributed by atoms with Gasteiger partial charge >= 0.3 is 5.97 Å². The molecular weight excluding hydrogens is 340 g/mol. The number of hydrogen-bond donors (Lipinski definition) is 1. The third kappa shape index (κ3) is 3.77. The molecule has 0 bridgehead atoms. The Labute approximate surface area is 148 Å². The van der Waals surface area contributed by atoms with Crippen LogP contribution in [0.5, 0.6) is 5.75 Å². The Morgan fingerprint density at radius 2 is 1.84 bits per heavy atom. The SMILES string of the molecule is CCOc1ccc(C(=O)Nc2nc3ccc(C(=O)OC)cc3s2)cc1. The molecule has 0 fully saturated rings. The van der Waals surface area contributed by atoms with Crippen molar-refractivity contribution >= 4 is 38.6 Å². The van der Waals surface area contributed by atoms with Gasteiger partial charge in [-0.15, -0.1) is 0 Å². The summed E-state index contributed by atoms with van der Waals surface area (Å²) >= 11 is 1.30. The number of nitrogens with one attached hydrogen (secondary N) is 1. The van der Waals surface area contributed by atoms with E-state index in [4.69, 9.17) is 9.47 Å². The topological polar surface area (TPSA) is 77.5 Å². The third-order valence-electron chi connectivity index (χ3n) is 3.46. The molecule has 0 saturated carbocycles. The van der Waals surface area contributed by atoms with E-state index < -0.39 is 5.97 Å². The maximum atomic E-state index is 12.3. The van der Waals surface area contributed by atoms with Gasteiger partial charge < -0.3 is 9.47 Å². The Morgan fingerprint density at radius 3 is 2.52 bits per heavy atom. The molecule has 7 heteroatoms. The van der Waals surface area contributed by atoms with Gasteiger partial charge in [-0.2, -0.15) is 0 Å². The Morgan fingerprint density at radius 1 is 1.12 bits per heavy atom. The van der Waals surface area contributed by atoms with Crippen LogP contribution in [-0.2, 0) is 4.74 Å². The Balaban J connectivity index is 1.77. The lowest BCUT2D eigenvalue weighted by Gasteiger charge is -2.04. The van der Waals surface area contributed by atoms with E-state index in [0.29, 0.717) is 28.4 Å². The van der Waals surface area contributed by atoms with Crippen LogP contribution in [0.15, 0.2) is 42.5 Å². The number of benzene rings is 2. The molecule has 3 aromatic rings. The number of fused-ring (bicyclic) bond motifs is 1. The minimum atomic E-state index is -0.407. The van der Waals surface area contributed by atoms with Gasteiger partial charge in [0.05, 0.1) is 29.5 Å². The van der Waals surface area contributed by atoms with Crippen molar-refractivity contribution in [3.8, 4) is 5.75 Å². The zero-order chi connectivity index (χ0) is 17.8. The highest BCUT2D eigenvalue weighted by Crippen LogP contribution is 2.27. The highest BCUT2D eigenvalue weighted by atomic mass is 32.1. The number of amides is 1. The molecule has 0 aliphatic heterocycles. The summed E-state index contributed by atoms with van der Waals surface area (Å²) < 4.78 is 10.9. The molecule has 1 amide bonds. The van der Waals surface area contributed by atoms with Crippen molar-refractivity contribution in [2.75, 3.05) is 19.0 Å². The first-order chi connectivity index (χ1) is 12.1. The van der Waals surface area contributed by atoms with E-state index in [0.717, 1.165) is 10.4 Å². The first-order valence-corrected chi connectivity index (χ1v) is 8.45. The normalized spacial score (nSPS) is 10.5. The summed E-state index contributed by atoms with van der Waals surface area (Å²) in [4.78, 5) is 28.3. The maximum absolute atomic E-state index is 12.3. The van der Waals surface area contributed by atoms with Crippen molar-refractivity contribution in [3.63, 3.8) is 0 Å². The number of aromatic nitrogens is 1. The number of anilines is 1. The van der Waals surface area contributed by atoms with Gasteiger partial charge in [0.15, 0.2) is 5.13 Å². The minimum Gasteiger partial charge on any atom is -0.494 e. The van der Waals surface area contributed by atoms with Gasteiger partial charge in [0.2, 0.25) is 0 Å². The molecule has 0 unspecified atom stereocenters. The maximum Gasteiger partial charge on any atom is 0.337 e. The summed E-state index contributed by atoms with van der Waals surface area (Å²) in [5.74, 6) is 0.0555. The molecule has 6 nitrogen and oxygen atoms in total. The molecule has 1 N–H and O–H groups in total. The number of thiazole rings is 1. The molecule has 1 aromatic heterocycles. The van der Waals surface area contributed by atoms with Crippen molar-refractivity contribution < 1.29 is 19.1 Å². The molecule has 0 aliphatic carbocycles. The predicted octanol–water partition coefficient (Wildman–Crippen LogP) is 3.73. The zero-order valence-corrected chi connectivity index (χ0v) is 14.6. The monoisotopic (exact) mass is 356 g/mol. The van der Waals surface area contributed by atoms with E-state index in [2.05, 4.69) is 10.3 Å². The van der Waals surface area contributed by atoms with Crippen LogP contribution in [0.3, 0.4) is 0 Å². The molecule has 0 radical (unpaired) electrons. The van der Waals surface area contributed by atoms with Gasteiger partial charge in [-0.3, -0.25) is 10.1 Å². The van der Waals surface area contributed by atoms with Gasteiger partial charge in [-0.05, 0) is 49.4 Å². The molecule has 0 aliphatic rings.